The van der Waals surface area contributed by atoms with Crippen molar-refractivity contribution in [2.24, 2.45) is 5.92 Å². The number of hydrogen-bond donors (Lipinski definition) is 1. The Morgan fingerprint density at radius 3 is 2.42 bits per heavy atom. The molecule has 0 saturated heterocycles. The van der Waals surface area contributed by atoms with Gasteiger partial charge in [-0.15, -0.1) is 0 Å². The third-order valence-electron chi connectivity index (χ3n) is 7.01. The van der Waals surface area contributed by atoms with Crippen molar-refractivity contribution in [3.8, 4) is 17.2 Å². The minimum absolute atomic E-state index is 0.262. The van der Waals surface area contributed by atoms with Crippen LogP contribution in [-0.4, -0.2) is 54.6 Å². The number of rotatable bonds is 13. The summed E-state index contributed by atoms with van der Waals surface area (Å²) in [5.74, 6) is 3.09. The highest BCUT2D eigenvalue weighted by molar-refractivity contribution is 5.31. The summed E-state index contributed by atoms with van der Waals surface area (Å²) in [6.45, 7) is 3.44. The molecule has 1 N–H and O–H groups in total. The average Bonchev–Trinajstić information content (AvgIpc) is 3.34. The molecular formula is C30H40N2O4. The van der Waals surface area contributed by atoms with Crippen LogP contribution in [0.15, 0.2) is 66.9 Å². The van der Waals surface area contributed by atoms with E-state index in [1.807, 2.05) is 36.4 Å². The van der Waals surface area contributed by atoms with E-state index in [2.05, 4.69) is 39.9 Å². The van der Waals surface area contributed by atoms with Gasteiger partial charge in [0.15, 0.2) is 0 Å². The Labute approximate surface area is 215 Å². The molecule has 2 aromatic carbocycles. The highest BCUT2D eigenvalue weighted by Gasteiger charge is 2.21. The van der Waals surface area contributed by atoms with Gasteiger partial charge in [-0.2, -0.15) is 0 Å². The average molecular weight is 493 g/mol. The van der Waals surface area contributed by atoms with Crippen LogP contribution in [0, 0.1) is 5.92 Å². The minimum Gasteiger partial charge on any atom is -0.497 e. The summed E-state index contributed by atoms with van der Waals surface area (Å²) >= 11 is 0. The fourth-order valence-electron chi connectivity index (χ4n) is 5.10. The third kappa shape index (κ3) is 7.77. The normalized spacial score (nSPS) is 15.1. The predicted octanol–water partition coefficient (Wildman–Crippen LogP) is 5.38. The molecule has 0 radical (unpaired) electrons. The number of hydrogen-bond acceptors (Lipinski definition) is 5. The molecule has 6 heteroatoms. The van der Waals surface area contributed by atoms with E-state index in [0.717, 1.165) is 36.9 Å². The third-order valence-corrected chi connectivity index (χ3v) is 7.01. The minimum atomic E-state index is -0.572. The first-order valence-electron chi connectivity index (χ1n) is 13.1. The molecule has 1 fully saturated rings. The van der Waals surface area contributed by atoms with E-state index in [4.69, 9.17) is 14.2 Å². The van der Waals surface area contributed by atoms with Crippen molar-refractivity contribution in [3.05, 3.63) is 78.1 Å². The highest BCUT2D eigenvalue weighted by atomic mass is 16.5. The van der Waals surface area contributed by atoms with Gasteiger partial charge >= 0.3 is 0 Å². The Hall–Kier alpha value is -2.96. The number of aromatic nitrogens is 1. The molecule has 3 aromatic rings. The lowest BCUT2D eigenvalue weighted by Gasteiger charge is -2.31. The van der Waals surface area contributed by atoms with E-state index in [-0.39, 0.29) is 6.61 Å². The van der Waals surface area contributed by atoms with Crippen LogP contribution < -0.4 is 14.2 Å². The topological polar surface area (TPSA) is 56.1 Å². The van der Waals surface area contributed by atoms with Gasteiger partial charge in [0.2, 0.25) is 0 Å². The Morgan fingerprint density at radius 1 is 0.917 bits per heavy atom. The predicted molar refractivity (Wildman–Crippen MR) is 143 cm³/mol. The van der Waals surface area contributed by atoms with Crippen LogP contribution in [0.2, 0.25) is 0 Å². The van der Waals surface area contributed by atoms with Gasteiger partial charge in [-0.25, -0.2) is 0 Å². The zero-order chi connectivity index (χ0) is 25.2. The van der Waals surface area contributed by atoms with Crippen LogP contribution in [0.1, 0.15) is 43.4 Å². The van der Waals surface area contributed by atoms with E-state index < -0.39 is 6.10 Å². The Bertz CT molecular complexity index is 1040. The summed E-state index contributed by atoms with van der Waals surface area (Å²) in [5, 5.41) is 10.9. The molecule has 4 rings (SSSR count). The lowest BCUT2D eigenvalue weighted by molar-refractivity contribution is 0.0560. The Morgan fingerprint density at radius 2 is 1.67 bits per heavy atom. The van der Waals surface area contributed by atoms with Gasteiger partial charge in [-0.1, -0.05) is 31.4 Å². The molecule has 6 nitrogen and oxygen atoms in total. The number of aliphatic hydroxyl groups excluding tert-OH is 1. The SMILES string of the molecule is COc1ccc(OCC(O)CN(Cc2cccn2Cc2cccc(OC)c2)CC2CCCCC2)cc1. The van der Waals surface area contributed by atoms with Gasteiger partial charge in [0, 0.05) is 38.1 Å². The maximum Gasteiger partial charge on any atom is 0.119 e. The van der Waals surface area contributed by atoms with Crippen molar-refractivity contribution in [1.29, 1.82) is 0 Å². The molecule has 36 heavy (non-hydrogen) atoms. The molecule has 0 bridgehead atoms. The number of aliphatic hydroxyl groups is 1. The highest BCUT2D eigenvalue weighted by Crippen LogP contribution is 2.25. The number of methoxy groups -OCH3 is 2. The van der Waals surface area contributed by atoms with E-state index >= 15 is 0 Å². The molecule has 1 unspecified atom stereocenters. The van der Waals surface area contributed by atoms with Gasteiger partial charge in [-0.05, 0) is 72.9 Å². The standard InChI is InChI=1S/C30H40N2O4/c1-34-28-13-15-29(16-14-28)36-23-27(33)22-31(19-24-8-4-3-5-9-24)21-26-11-7-17-32(26)20-25-10-6-12-30(18-25)35-2/h6-7,10-18,24,27,33H,3-5,8-9,19-23H2,1-2H3. The van der Waals surface area contributed by atoms with Crippen LogP contribution >= 0.6 is 0 Å². The van der Waals surface area contributed by atoms with E-state index in [9.17, 15) is 5.11 Å². The second-order valence-electron chi connectivity index (χ2n) is 9.82. The summed E-state index contributed by atoms with van der Waals surface area (Å²) in [4.78, 5) is 2.41. The molecule has 0 spiro atoms. The summed E-state index contributed by atoms with van der Waals surface area (Å²) in [6, 6.07) is 20.0. The molecule has 1 saturated carbocycles. The summed E-state index contributed by atoms with van der Waals surface area (Å²) in [7, 11) is 3.35. The van der Waals surface area contributed by atoms with Crippen molar-refractivity contribution in [1.82, 2.24) is 9.47 Å². The van der Waals surface area contributed by atoms with Crippen LogP contribution in [0.5, 0.6) is 17.2 Å². The van der Waals surface area contributed by atoms with Crippen LogP contribution in [0.25, 0.3) is 0 Å². The monoisotopic (exact) mass is 492 g/mol. The molecular weight excluding hydrogens is 452 g/mol. The molecule has 1 aliphatic rings. The van der Waals surface area contributed by atoms with Crippen molar-refractivity contribution < 1.29 is 19.3 Å². The van der Waals surface area contributed by atoms with Crippen molar-refractivity contribution in [3.63, 3.8) is 0 Å². The first-order chi connectivity index (χ1) is 17.6. The number of benzene rings is 2. The first-order valence-corrected chi connectivity index (χ1v) is 13.1. The van der Waals surface area contributed by atoms with Crippen LogP contribution in [0.4, 0.5) is 0 Å². The van der Waals surface area contributed by atoms with Crippen molar-refractivity contribution in [2.45, 2.75) is 51.3 Å². The molecule has 0 aliphatic heterocycles. The van der Waals surface area contributed by atoms with Crippen molar-refractivity contribution in [2.75, 3.05) is 33.9 Å². The quantitative estimate of drug-likeness (QED) is 0.347. The van der Waals surface area contributed by atoms with Crippen LogP contribution in [-0.2, 0) is 13.1 Å². The first kappa shape index (κ1) is 26.1. The van der Waals surface area contributed by atoms with E-state index in [1.165, 1.54) is 43.4 Å². The largest absolute Gasteiger partial charge is 0.497 e. The fourth-order valence-corrected chi connectivity index (χ4v) is 5.10. The summed E-state index contributed by atoms with van der Waals surface area (Å²) in [5.41, 5.74) is 2.45. The maximum atomic E-state index is 10.9. The summed E-state index contributed by atoms with van der Waals surface area (Å²) in [6.07, 6.45) is 8.09. The molecule has 0 amide bonds. The molecule has 1 aromatic heterocycles. The van der Waals surface area contributed by atoms with Crippen molar-refractivity contribution >= 4 is 0 Å². The zero-order valence-corrected chi connectivity index (χ0v) is 21.6. The zero-order valence-electron chi connectivity index (χ0n) is 21.6. The molecule has 1 aliphatic carbocycles. The van der Waals surface area contributed by atoms with Gasteiger partial charge in [0.1, 0.15) is 30.0 Å². The Kier molecular flexibility index (Phi) is 9.70. The number of ether oxygens (including phenoxy) is 3. The van der Waals surface area contributed by atoms with E-state index in [1.54, 1.807) is 14.2 Å². The molecule has 1 heterocycles. The van der Waals surface area contributed by atoms with Crippen LogP contribution in [0.3, 0.4) is 0 Å². The van der Waals surface area contributed by atoms with Gasteiger partial charge in [0.25, 0.3) is 0 Å². The Balaban J connectivity index is 1.39. The van der Waals surface area contributed by atoms with Gasteiger partial charge in [0.05, 0.1) is 14.2 Å². The van der Waals surface area contributed by atoms with E-state index in [0.29, 0.717) is 12.5 Å². The lowest BCUT2D eigenvalue weighted by Crippen LogP contribution is -2.39. The number of nitrogens with zero attached hydrogens (tertiary/aromatic N) is 2. The molecule has 1 atom stereocenters. The van der Waals surface area contributed by atoms with Gasteiger partial charge < -0.3 is 23.9 Å². The second kappa shape index (κ2) is 13.4. The second-order valence-corrected chi connectivity index (χ2v) is 9.82. The maximum absolute atomic E-state index is 10.9. The fraction of sp³-hybridized carbons (Fsp3) is 0.467. The van der Waals surface area contributed by atoms with Gasteiger partial charge in [-0.3, -0.25) is 4.90 Å². The smallest absolute Gasteiger partial charge is 0.119 e. The lowest BCUT2D eigenvalue weighted by atomic mass is 9.89. The molecule has 194 valence electrons. The summed E-state index contributed by atoms with van der Waals surface area (Å²) < 4.78 is 18.8.